The molecule has 4 saturated carbocycles. The first-order chi connectivity index (χ1) is 12.1. The molecule has 2 N–H and O–H groups in total. The summed E-state index contributed by atoms with van der Waals surface area (Å²) in [4.78, 5) is 27.6. The molecule has 130 valence electrons. The highest BCUT2D eigenvalue weighted by Crippen LogP contribution is 2.55. The van der Waals surface area contributed by atoms with Crippen molar-refractivity contribution in [1.29, 1.82) is 0 Å². The number of hydrogen-bond donors (Lipinski definition) is 2. The molecule has 1 aromatic carbocycles. The smallest absolute Gasteiger partial charge is 0.344 e. The van der Waals surface area contributed by atoms with Crippen LogP contribution in [0.3, 0.4) is 0 Å². The minimum atomic E-state index is -0.387. The highest BCUT2D eigenvalue weighted by Gasteiger charge is 2.51. The molecule has 1 aromatic heterocycles. The zero-order valence-corrected chi connectivity index (χ0v) is 14.1. The second kappa shape index (κ2) is 5.31. The Hall–Kier alpha value is -2.37. The SMILES string of the molecule is O=C(NC12CC3CC(CC(C3)C1)C2)c1nn(-c2ccccc2)c(=O)[nH]1. The van der Waals surface area contributed by atoms with Crippen LogP contribution in [0.1, 0.15) is 49.1 Å². The third-order valence-corrected chi connectivity index (χ3v) is 6.25. The van der Waals surface area contributed by atoms with Crippen LogP contribution in [-0.4, -0.2) is 26.2 Å². The highest BCUT2D eigenvalue weighted by atomic mass is 16.2. The van der Waals surface area contributed by atoms with Crippen molar-refractivity contribution in [1.82, 2.24) is 20.1 Å². The maximum atomic E-state index is 12.8. The number of aromatic amines is 1. The van der Waals surface area contributed by atoms with Crippen LogP contribution in [0.25, 0.3) is 5.69 Å². The van der Waals surface area contributed by atoms with E-state index in [4.69, 9.17) is 0 Å². The second-order valence-corrected chi connectivity index (χ2v) is 8.18. The number of para-hydroxylation sites is 1. The van der Waals surface area contributed by atoms with Gasteiger partial charge in [0.25, 0.3) is 5.91 Å². The minimum absolute atomic E-state index is 0.0841. The number of hydrogen-bond acceptors (Lipinski definition) is 3. The molecule has 6 heteroatoms. The third kappa shape index (κ3) is 2.51. The number of nitrogens with zero attached hydrogens (tertiary/aromatic N) is 2. The molecule has 2 aromatic rings. The van der Waals surface area contributed by atoms with Gasteiger partial charge in [-0.05, 0) is 68.4 Å². The van der Waals surface area contributed by atoms with Crippen LogP contribution in [0.2, 0.25) is 0 Å². The van der Waals surface area contributed by atoms with Crippen LogP contribution < -0.4 is 11.0 Å². The Balaban J connectivity index is 1.40. The number of rotatable bonds is 3. The Morgan fingerprint density at radius 3 is 2.28 bits per heavy atom. The number of nitrogens with one attached hydrogen (secondary N) is 2. The molecule has 6 nitrogen and oxygen atoms in total. The number of carbonyl (C=O) groups is 1. The maximum Gasteiger partial charge on any atom is 0.348 e. The average Bonchev–Trinajstić information content (AvgIpc) is 2.96. The molecular formula is C19H22N4O2. The summed E-state index contributed by atoms with van der Waals surface area (Å²) in [6, 6.07) is 9.14. The summed E-state index contributed by atoms with van der Waals surface area (Å²) in [5.74, 6) is 2.12. The first-order valence-electron chi connectivity index (χ1n) is 9.17. The Morgan fingerprint density at radius 1 is 1.08 bits per heavy atom. The van der Waals surface area contributed by atoms with Gasteiger partial charge in [-0.25, -0.2) is 4.79 Å². The molecule has 0 radical (unpaired) electrons. The predicted octanol–water partition coefficient (Wildman–Crippen LogP) is 2.26. The van der Waals surface area contributed by atoms with Gasteiger partial charge in [0.05, 0.1) is 5.69 Å². The van der Waals surface area contributed by atoms with E-state index in [-0.39, 0.29) is 23.0 Å². The van der Waals surface area contributed by atoms with E-state index < -0.39 is 0 Å². The van der Waals surface area contributed by atoms with Crippen molar-refractivity contribution >= 4 is 5.91 Å². The van der Waals surface area contributed by atoms with E-state index in [9.17, 15) is 9.59 Å². The summed E-state index contributed by atoms with van der Waals surface area (Å²) in [5, 5.41) is 7.46. The van der Waals surface area contributed by atoms with E-state index in [1.807, 2.05) is 18.2 Å². The van der Waals surface area contributed by atoms with Gasteiger partial charge < -0.3 is 5.32 Å². The van der Waals surface area contributed by atoms with E-state index in [2.05, 4.69) is 15.4 Å². The summed E-state index contributed by atoms with van der Waals surface area (Å²) in [6.45, 7) is 0. The van der Waals surface area contributed by atoms with Crippen LogP contribution in [0.4, 0.5) is 0 Å². The molecule has 6 rings (SSSR count). The van der Waals surface area contributed by atoms with Gasteiger partial charge in [0.15, 0.2) is 0 Å². The predicted molar refractivity (Wildman–Crippen MR) is 92.6 cm³/mol. The minimum Gasteiger partial charge on any atom is -0.344 e. The maximum absolute atomic E-state index is 12.8. The van der Waals surface area contributed by atoms with Gasteiger partial charge in [-0.3, -0.25) is 9.78 Å². The van der Waals surface area contributed by atoms with Gasteiger partial charge >= 0.3 is 5.69 Å². The summed E-state index contributed by atoms with van der Waals surface area (Å²) < 4.78 is 1.24. The van der Waals surface area contributed by atoms with E-state index in [1.165, 1.54) is 23.9 Å². The lowest BCUT2D eigenvalue weighted by Gasteiger charge is -2.56. The second-order valence-electron chi connectivity index (χ2n) is 8.18. The largest absolute Gasteiger partial charge is 0.348 e. The molecule has 4 bridgehead atoms. The number of H-pyrrole nitrogens is 1. The fourth-order valence-electron chi connectivity index (χ4n) is 5.73. The zero-order chi connectivity index (χ0) is 17.0. The standard InChI is InChI=1S/C19H22N4O2/c24-17(16-20-18(25)23(22-16)15-4-2-1-3-5-15)21-19-9-12-6-13(10-19)8-14(7-12)11-19/h1-5,12-14H,6-11H2,(H,21,24)(H,20,22,25). The van der Waals surface area contributed by atoms with Gasteiger partial charge in [-0.2, -0.15) is 4.68 Å². The molecule has 4 aliphatic carbocycles. The lowest BCUT2D eigenvalue weighted by Crippen LogP contribution is -2.60. The lowest BCUT2D eigenvalue weighted by molar-refractivity contribution is -0.0168. The quantitative estimate of drug-likeness (QED) is 0.901. The fraction of sp³-hybridized carbons (Fsp3) is 0.526. The highest BCUT2D eigenvalue weighted by molar-refractivity contribution is 5.90. The molecule has 25 heavy (non-hydrogen) atoms. The molecule has 0 aliphatic heterocycles. The van der Waals surface area contributed by atoms with Crippen LogP contribution in [0, 0.1) is 17.8 Å². The summed E-state index contributed by atoms with van der Waals surface area (Å²) in [6.07, 6.45) is 7.22. The van der Waals surface area contributed by atoms with Gasteiger partial charge in [-0.15, -0.1) is 5.10 Å². The van der Waals surface area contributed by atoms with Crippen LogP contribution in [0.15, 0.2) is 35.1 Å². The van der Waals surface area contributed by atoms with E-state index >= 15 is 0 Å². The Bertz CT molecular complexity index is 832. The van der Waals surface area contributed by atoms with Crippen LogP contribution in [0.5, 0.6) is 0 Å². The average molecular weight is 338 g/mol. The van der Waals surface area contributed by atoms with E-state index in [0.717, 1.165) is 37.0 Å². The van der Waals surface area contributed by atoms with E-state index in [1.54, 1.807) is 12.1 Å². The molecule has 1 amide bonds. The first-order valence-corrected chi connectivity index (χ1v) is 9.17. The van der Waals surface area contributed by atoms with Crippen molar-refractivity contribution in [2.45, 2.75) is 44.1 Å². The molecule has 0 unspecified atom stereocenters. The topological polar surface area (TPSA) is 79.8 Å². The van der Waals surface area contributed by atoms with Gasteiger partial charge in [0.2, 0.25) is 5.82 Å². The Kier molecular flexibility index (Phi) is 3.17. The number of amides is 1. The number of carbonyl (C=O) groups excluding carboxylic acids is 1. The van der Waals surface area contributed by atoms with Crippen LogP contribution in [-0.2, 0) is 0 Å². The zero-order valence-electron chi connectivity index (χ0n) is 14.1. The van der Waals surface area contributed by atoms with Gasteiger partial charge in [0, 0.05) is 5.54 Å². The van der Waals surface area contributed by atoms with Crippen LogP contribution >= 0.6 is 0 Å². The Morgan fingerprint density at radius 2 is 1.68 bits per heavy atom. The van der Waals surface area contributed by atoms with Crippen molar-refractivity contribution in [2.24, 2.45) is 17.8 Å². The molecule has 4 fully saturated rings. The summed E-state index contributed by atoms with van der Waals surface area (Å²) >= 11 is 0. The van der Waals surface area contributed by atoms with Crippen molar-refractivity contribution in [2.75, 3.05) is 0 Å². The molecular weight excluding hydrogens is 316 g/mol. The molecule has 0 saturated heterocycles. The van der Waals surface area contributed by atoms with Crippen molar-refractivity contribution in [3.05, 3.63) is 46.6 Å². The first kappa shape index (κ1) is 14.9. The van der Waals surface area contributed by atoms with Crippen molar-refractivity contribution in [3.63, 3.8) is 0 Å². The molecule has 0 spiro atoms. The third-order valence-electron chi connectivity index (χ3n) is 6.25. The molecule has 4 aliphatic rings. The summed E-state index contributed by atoms with van der Waals surface area (Å²) in [5.41, 5.74) is 0.179. The normalized spacial score (nSPS) is 32.7. The molecule has 1 heterocycles. The van der Waals surface area contributed by atoms with Gasteiger partial charge in [-0.1, -0.05) is 18.2 Å². The monoisotopic (exact) mass is 338 g/mol. The fourth-order valence-corrected chi connectivity index (χ4v) is 5.73. The summed E-state index contributed by atoms with van der Waals surface area (Å²) in [7, 11) is 0. The van der Waals surface area contributed by atoms with Crippen molar-refractivity contribution < 1.29 is 4.79 Å². The van der Waals surface area contributed by atoms with Crippen molar-refractivity contribution in [3.8, 4) is 5.69 Å². The number of aromatic nitrogens is 3. The van der Waals surface area contributed by atoms with Gasteiger partial charge in [0.1, 0.15) is 0 Å². The van der Waals surface area contributed by atoms with E-state index in [0.29, 0.717) is 5.69 Å². The lowest BCUT2D eigenvalue weighted by atomic mass is 9.53. The Labute approximate surface area is 145 Å². The molecule has 0 atom stereocenters. The number of benzene rings is 1.